The Morgan fingerprint density at radius 3 is 2.57 bits per heavy atom. The molecule has 0 spiro atoms. The van der Waals surface area contributed by atoms with Crippen molar-refractivity contribution in [3.05, 3.63) is 21.5 Å². The number of nitrogens with zero attached hydrogens (tertiary/aromatic N) is 3. The smallest absolute Gasteiger partial charge is 0.312 e. The van der Waals surface area contributed by atoms with Crippen LogP contribution < -0.4 is 5.32 Å². The van der Waals surface area contributed by atoms with Gasteiger partial charge in [-0.2, -0.15) is 5.10 Å². The summed E-state index contributed by atoms with van der Waals surface area (Å²) in [5.41, 5.74) is 0.527. The molecule has 0 bridgehead atoms. The molecular formula is C13H24N4O4. The predicted octanol–water partition coefficient (Wildman–Crippen LogP) is 0.377. The highest BCUT2D eigenvalue weighted by atomic mass is 16.6. The van der Waals surface area contributed by atoms with Crippen molar-refractivity contribution >= 4 is 5.69 Å². The van der Waals surface area contributed by atoms with Gasteiger partial charge in [-0.25, -0.2) is 0 Å². The van der Waals surface area contributed by atoms with Crippen LogP contribution in [0.3, 0.4) is 0 Å². The van der Waals surface area contributed by atoms with Gasteiger partial charge in [0.15, 0.2) is 0 Å². The van der Waals surface area contributed by atoms with Crippen LogP contribution in [0.4, 0.5) is 5.69 Å². The van der Waals surface area contributed by atoms with Crippen molar-refractivity contribution in [2.75, 3.05) is 19.7 Å². The molecule has 1 atom stereocenters. The predicted molar refractivity (Wildman–Crippen MR) is 78.1 cm³/mol. The van der Waals surface area contributed by atoms with Crippen molar-refractivity contribution in [2.45, 2.75) is 40.3 Å². The number of hydrogen-bond donors (Lipinski definition) is 3. The Morgan fingerprint density at radius 2 is 2.10 bits per heavy atom. The van der Waals surface area contributed by atoms with Crippen molar-refractivity contribution in [1.82, 2.24) is 15.1 Å². The lowest BCUT2D eigenvalue weighted by Crippen LogP contribution is -2.38. The Labute approximate surface area is 123 Å². The minimum absolute atomic E-state index is 0.00317. The van der Waals surface area contributed by atoms with Gasteiger partial charge in [0.1, 0.15) is 11.4 Å². The van der Waals surface area contributed by atoms with Gasteiger partial charge in [0.25, 0.3) is 0 Å². The standard InChI is InChI=1S/C13H24N4O4/c1-9-12(17(20)21)10(2)16(15-9)6-11(19)5-14-7-13(3,4)8-18/h11,14,18-19H,5-8H2,1-4H3. The van der Waals surface area contributed by atoms with Gasteiger partial charge in [-0.3, -0.25) is 14.8 Å². The third-order valence-electron chi connectivity index (χ3n) is 3.32. The van der Waals surface area contributed by atoms with E-state index in [4.69, 9.17) is 5.11 Å². The minimum Gasteiger partial charge on any atom is -0.396 e. The van der Waals surface area contributed by atoms with Crippen LogP contribution in [0.1, 0.15) is 25.2 Å². The van der Waals surface area contributed by atoms with E-state index in [2.05, 4.69) is 10.4 Å². The van der Waals surface area contributed by atoms with Crippen molar-refractivity contribution in [3.8, 4) is 0 Å². The zero-order valence-corrected chi connectivity index (χ0v) is 13.0. The molecular weight excluding hydrogens is 276 g/mol. The van der Waals surface area contributed by atoms with Gasteiger partial charge in [0, 0.05) is 25.1 Å². The molecule has 0 aromatic carbocycles. The van der Waals surface area contributed by atoms with Crippen LogP contribution in [0.2, 0.25) is 0 Å². The number of nitro groups is 1. The summed E-state index contributed by atoms with van der Waals surface area (Å²) < 4.78 is 1.46. The fourth-order valence-electron chi connectivity index (χ4n) is 2.03. The molecule has 0 aliphatic rings. The van der Waals surface area contributed by atoms with Crippen molar-refractivity contribution in [2.24, 2.45) is 5.41 Å². The second-order valence-corrected chi connectivity index (χ2v) is 6.07. The number of hydrogen-bond acceptors (Lipinski definition) is 6. The first-order chi connectivity index (χ1) is 9.68. The molecule has 0 saturated carbocycles. The van der Waals surface area contributed by atoms with Gasteiger partial charge in [0.2, 0.25) is 0 Å². The second kappa shape index (κ2) is 6.97. The van der Waals surface area contributed by atoms with Gasteiger partial charge < -0.3 is 15.5 Å². The van der Waals surface area contributed by atoms with Gasteiger partial charge in [-0.15, -0.1) is 0 Å². The average Bonchev–Trinajstić information content (AvgIpc) is 2.64. The highest BCUT2D eigenvalue weighted by molar-refractivity contribution is 5.39. The van der Waals surface area contributed by atoms with Gasteiger partial charge in [-0.05, 0) is 13.8 Å². The third-order valence-corrected chi connectivity index (χ3v) is 3.32. The number of aryl methyl sites for hydroxylation is 1. The molecule has 1 aromatic rings. The summed E-state index contributed by atoms with van der Waals surface area (Å²) in [5.74, 6) is 0. The second-order valence-electron chi connectivity index (χ2n) is 6.07. The lowest BCUT2D eigenvalue weighted by atomic mass is 9.95. The minimum atomic E-state index is -0.711. The topological polar surface area (TPSA) is 113 Å². The molecule has 21 heavy (non-hydrogen) atoms. The molecule has 1 unspecified atom stereocenters. The maximum atomic E-state index is 10.9. The van der Waals surface area contributed by atoms with Crippen LogP contribution in [0.25, 0.3) is 0 Å². The number of aromatic nitrogens is 2. The van der Waals surface area contributed by atoms with E-state index in [1.165, 1.54) is 4.68 Å². The van der Waals surface area contributed by atoms with Crippen molar-refractivity contribution in [1.29, 1.82) is 0 Å². The Morgan fingerprint density at radius 1 is 1.48 bits per heavy atom. The Hall–Kier alpha value is -1.51. The SMILES string of the molecule is Cc1nn(CC(O)CNCC(C)(C)CO)c(C)c1[N+](=O)[O-]. The summed E-state index contributed by atoms with van der Waals surface area (Å²) in [6.07, 6.45) is -0.711. The quantitative estimate of drug-likeness (QED) is 0.472. The molecule has 0 saturated heterocycles. The van der Waals surface area contributed by atoms with Crippen LogP contribution >= 0.6 is 0 Å². The van der Waals surface area contributed by atoms with E-state index in [9.17, 15) is 15.2 Å². The van der Waals surface area contributed by atoms with E-state index in [0.29, 0.717) is 24.5 Å². The van der Waals surface area contributed by atoms with Gasteiger partial charge >= 0.3 is 5.69 Å². The summed E-state index contributed by atoms with van der Waals surface area (Å²) in [6.45, 7) is 8.16. The van der Waals surface area contributed by atoms with E-state index >= 15 is 0 Å². The van der Waals surface area contributed by atoms with E-state index in [-0.39, 0.29) is 24.3 Å². The summed E-state index contributed by atoms with van der Waals surface area (Å²) in [7, 11) is 0. The molecule has 0 radical (unpaired) electrons. The molecule has 1 rings (SSSR count). The molecule has 1 heterocycles. The molecule has 3 N–H and O–H groups in total. The van der Waals surface area contributed by atoms with Crippen LogP contribution in [0, 0.1) is 29.4 Å². The molecule has 0 aliphatic carbocycles. The number of aliphatic hydroxyl groups is 2. The number of aliphatic hydroxyl groups excluding tert-OH is 2. The van der Waals surface area contributed by atoms with E-state index in [1.54, 1.807) is 13.8 Å². The van der Waals surface area contributed by atoms with E-state index < -0.39 is 11.0 Å². The molecule has 0 fully saturated rings. The largest absolute Gasteiger partial charge is 0.396 e. The first-order valence-corrected chi connectivity index (χ1v) is 6.86. The van der Waals surface area contributed by atoms with Crippen LogP contribution in [0.5, 0.6) is 0 Å². The summed E-state index contributed by atoms with van der Waals surface area (Å²) >= 11 is 0. The van der Waals surface area contributed by atoms with Crippen LogP contribution in [0.15, 0.2) is 0 Å². The lowest BCUT2D eigenvalue weighted by Gasteiger charge is -2.23. The maximum Gasteiger partial charge on any atom is 0.312 e. The number of rotatable bonds is 8. The fourth-order valence-corrected chi connectivity index (χ4v) is 2.03. The monoisotopic (exact) mass is 300 g/mol. The molecule has 0 amide bonds. The summed E-state index contributed by atoms with van der Waals surface area (Å²) in [6, 6.07) is 0. The van der Waals surface area contributed by atoms with Crippen molar-refractivity contribution < 1.29 is 15.1 Å². The normalized spacial score (nSPS) is 13.4. The summed E-state index contributed by atoms with van der Waals surface area (Å²) in [4.78, 5) is 10.5. The van der Waals surface area contributed by atoms with E-state index in [0.717, 1.165) is 0 Å². The Bertz CT molecular complexity index is 499. The zero-order valence-electron chi connectivity index (χ0n) is 13.0. The molecule has 1 aromatic heterocycles. The fraction of sp³-hybridized carbons (Fsp3) is 0.769. The lowest BCUT2D eigenvalue weighted by molar-refractivity contribution is -0.386. The Balaban J connectivity index is 2.58. The van der Waals surface area contributed by atoms with Crippen LogP contribution in [-0.4, -0.2) is 50.7 Å². The molecule has 8 heteroatoms. The van der Waals surface area contributed by atoms with Gasteiger partial charge in [-0.1, -0.05) is 13.8 Å². The Kier molecular flexibility index (Phi) is 5.82. The average molecular weight is 300 g/mol. The molecule has 8 nitrogen and oxygen atoms in total. The highest BCUT2D eigenvalue weighted by Crippen LogP contribution is 2.21. The number of nitrogens with one attached hydrogen (secondary N) is 1. The van der Waals surface area contributed by atoms with Gasteiger partial charge in [0.05, 0.1) is 17.6 Å². The summed E-state index contributed by atoms with van der Waals surface area (Å²) in [5, 5.41) is 37.2. The van der Waals surface area contributed by atoms with Crippen molar-refractivity contribution in [3.63, 3.8) is 0 Å². The first-order valence-electron chi connectivity index (χ1n) is 6.86. The van der Waals surface area contributed by atoms with E-state index in [1.807, 2.05) is 13.8 Å². The zero-order chi connectivity index (χ0) is 16.2. The molecule has 120 valence electrons. The highest BCUT2D eigenvalue weighted by Gasteiger charge is 2.23. The van der Waals surface area contributed by atoms with Crippen LogP contribution in [-0.2, 0) is 6.54 Å². The first kappa shape index (κ1) is 17.5. The third kappa shape index (κ3) is 4.76. The maximum absolute atomic E-state index is 10.9. The molecule has 0 aliphatic heterocycles.